The summed E-state index contributed by atoms with van der Waals surface area (Å²) in [4.78, 5) is 25.4. The predicted octanol–water partition coefficient (Wildman–Crippen LogP) is 2.87. The minimum atomic E-state index is -0.792. The van der Waals surface area contributed by atoms with Crippen LogP contribution in [0.25, 0.3) is 0 Å². The van der Waals surface area contributed by atoms with E-state index in [1.54, 1.807) is 20.0 Å². The van der Waals surface area contributed by atoms with E-state index in [4.69, 9.17) is 22.1 Å². The molecule has 0 aliphatic heterocycles. The number of para-hydroxylation sites is 1. The van der Waals surface area contributed by atoms with Gasteiger partial charge in [-0.25, -0.2) is 0 Å². The maximum absolute atomic E-state index is 12.5. The molecule has 0 saturated heterocycles. The van der Waals surface area contributed by atoms with Crippen LogP contribution in [-0.2, 0) is 4.79 Å². The number of likely N-dealkylation sites (N-methyl/N-ethyl adjacent to an activating group) is 1. The summed E-state index contributed by atoms with van der Waals surface area (Å²) in [5, 5.41) is 0.367. The maximum Gasteiger partial charge on any atom is 0.267 e. The summed E-state index contributed by atoms with van der Waals surface area (Å²) < 4.78 is 5.62. The maximum atomic E-state index is 12.5. The summed E-state index contributed by atoms with van der Waals surface area (Å²) in [6.45, 7) is 1.61. The van der Waals surface area contributed by atoms with Gasteiger partial charge in [0.15, 0.2) is 6.10 Å². The lowest BCUT2D eigenvalue weighted by Gasteiger charge is -2.23. The first-order chi connectivity index (χ1) is 10.9. The van der Waals surface area contributed by atoms with Crippen LogP contribution in [0.1, 0.15) is 17.3 Å². The van der Waals surface area contributed by atoms with E-state index >= 15 is 0 Å². The number of carbonyl (C=O) groups excluding carboxylic acids is 2. The Kier molecular flexibility index (Phi) is 5.24. The lowest BCUT2D eigenvalue weighted by molar-refractivity contribution is -0.124. The Morgan fingerprint density at radius 2 is 1.83 bits per heavy atom. The van der Waals surface area contributed by atoms with Gasteiger partial charge < -0.3 is 15.4 Å². The molecule has 1 atom stereocenters. The second kappa shape index (κ2) is 7.15. The van der Waals surface area contributed by atoms with Crippen molar-refractivity contribution in [2.45, 2.75) is 13.0 Å². The first-order valence-electron chi connectivity index (χ1n) is 6.98. The molecular weight excluding hydrogens is 316 g/mol. The van der Waals surface area contributed by atoms with Crippen molar-refractivity contribution in [3.05, 3.63) is 59.1 Å². The molecule has 2 aromatic rings. The number of rotatable bonds is 5. The molecule has 2 N–H and O–H groups in total. The van der Waals surface area contributed by atoms with Crippen molar-refractivity contribution >= 4 is 29.1 Å². The minimum absolute atomic E-state index is 0.138. The van der Waals surface area contributed by atoms with Crippen LogP contribution in [0.5, 0.6) is 5.75 Å². The van der Waals surface area contributed by atoms with Gasteiger partial charge >= 0.3 is 0 Å². The monoisotopic (exact) mass is 332 g/mol. The summed E-state index contributed by atoms with van der Waals surface area (Å²) in [6.07, 6.45) is -0.792. The van der Waals surface area contributed by atoms with Gasteiger partial charge in [0.1, 0.15) is 5.75 Å². The van der Waals surface area contributed by atoms with Gasteiger partial charge in [-0.2, -0.15) is 0 Å². The molecule has 0 unspecified atom stereocenters. The second-order valence-corrected chi connectivity index (χ2v) is 5.43. The van der Waals surface area contributed by atoms with Crippen LogP contribution in [0.3, 0.4) is 0 Å². The summed E-state index contributed by atoms with van der Waals surface area (Å²) >= 11 is 5.85. The number of benzene rings is 2. The SMILES string of the molecule is C[C@H](Oc1ccc(Cl)cc1C(N)=O)C(=O)N(C)c1ccccc1. The van der Waals surface area contributed by atoms with Crippen molar-refractivity contribution in [2.24, 2.45) is 5.73 Å². The largest absolute Gasteiger partial charge is 0.480 e. The topological polar surface area (TPSA) is 72.6 Å². The molecule has 23 heavy (non-hydrogen) atoms. The zero-order valence-electron chi connectivity index (χ0n) is 12.8. The predicted molar refractivity (Wildman–Crippen MR) is 89.9 cm³/mol. The molecule has 5 nitrogen and oxygen atoms in total. The van der Waals surface area contributed by atoms with Gasteiger partial charge in [0.2, 0.25) is 0 Å². The number of ether oxygens (including phenoxy) is 1. The third kappa shape index (κ3) is 4.02. The Labute approximate surface area is 139 Å². The van der Waals surface area contributed by atoms with Gasteiger partial charge in [-0.3, -0.25) is 9.59 Å². The molecule has 0 heterocycles. The third-order valence-electron chi connectivity index (χ3n) is 3.33. The fraction of sp³-hybridized carbons (Fsp3) is 0.176. The number of nitrogens with two attached hydrogens (primary N) is 1. The van der Waals surface area contributed by atoms with Crippen molar-refractivity contribution in [1.29, 1.82) is 0 Å². The fourth-order valence-electron chi connectivity index (χ4n) is 2.09. The first-order valence-corrected chi connectivity index (χ1v) is 7.36. The Hall–Kier alpha value is -2.53. The first kappa shape index (κ1) is 16.8. The van der Waals surface area contributed by atoms with Crippen LogP contribution < -0.4 is 15.4 Å². The van der Waals surface area contributed by atoms with E-state index in [0.29, 0.717) is 5.02 Å². The van der Waals surface area contributed by atoms with E-state index in [9.17, 15) is 9.59 Å². The molecule has 0 bridgehead atoms. The summed E-state index contributed by atoms with van der Waals surface area (Å²) in [5.74, 6) is -0.690. The van der Waals surface area contributed by atoms with Gasteiger partial charge in [0.05, 0.1) is 5.56 Å². The second-order valence-electron chi connectivity index (χ2n) is 5.00. The number of halogens is 1. The highest BCUT2D eigenvalue weighted by Gasteiger charge is 2.22. The van der Waals surface area contributed by atoms with E-state index in [2.05, 4.69) is 0 Å². The molecule has 2 rings (SSSR count). The van der Waals surface area contributed by atoms with Crippen LogP contribution in [0, 0.1) is 0 Å². The molecule has 0 saturated carbocycles. The van der Waals surface area contributed by atoms with Crippen LogP contribution in [0.4, 0.5) is 5.69 Å². The minimum Gasteiger partial charge on any atom is -0.480 e. The lowest BCUT2D eigenvalue weighted by atomic mass is 10.2. The van der Waals surface area contributed by atoms with E-state index in [-0.39, 0.29) is 17.2 Å². The van der Waals surface area contributed by atoms with Crippen LogP contribution in [0.15, 0.2) is 48.5 Å². The Balaban J connectivity index is 2.17. The van der Waals surface area contributed by atoms with Crippen molar-refractivity contribution < 1.29 is 14.3 Å². The molecule has 0 fully saturated rings. The molecule has 0 aromatic heterocycles. The van der Waals surface area contributed by atoms with Crippen molar-refractivity contribution in [1.82, 2.24) is 0 Å². The zero-order valence-corrected chi connectivity index (χ0v) is 13.6. The molecule has 120 valence electrons. The molecule has 0 spiro atoms. The number of carbonyl (C=O) groups is 2. The van der Waals surface area contributed by atoms with Crippen molar-refractivity contribution in [3.63, 3.8) is 0 Å². The Morgan fingerprint density at radius 3 is 2.43 bits per heavy atom. The molecular formula is C17H17ClN2O3. The average molecular weight is 333 g/mol. The highest BCUT2D eigenvalue weighted by atomic mass is 35.5. The van der Waals surface area contributed by atoms with E-state index < -0.39 is 12.0 Å². The van der Waals surface area contributed by atoms with Gasteiger partial charge in [0.25, 0.3) is 11.8 Å². The molecule has 0 aliphatic carbocycles. The summed E-state index contributed by atoms with van der Waals surface area (Å²) in [7, 11) is 1.66. The zero-order chi connectivity index (χ0) is 17.0. The smallest absolute Gasteiger partial charge is 0.267 e. The van der Waals surface area contributed by atoms with Crippen LogP contribution in [0.2, 0.25) is 5.02 Å². The van der Waals surface area contributed by atoms with Gasteiger partial charge in [-0.1, -0.05) is 29.8 Å². The summed E-state index contributed by atoms with van der Waals surface area (Å²) in [6, 6.07) is 13.7. The number of anilines is 1. The molecule has 2 aromatic carbocycles. The van der Waals surface area contributed by atoms with Crippen LogP contribution in [-0.4, -0.2) is 25.0 Å². The van der Waals surface area contributed by atoms with Gasteiger partial charge in [-0.15, -0.1) is 0 Å². The number of hydrogen-bond acceptors (Lipinski definition) is 3. The lowest BCUT2D eigenvalue weighted by Crippen LogP contribution is -2.38. The summed E-state index contributed by atoms with van der Waals surface area (Å²) in [5.41, 5.74) is 6.20. The Bertz CT molecular complexity index is 719. The molecule has 0 aliphatic rings. The Morgan fingerprint density at radius 1 is 1.17 bits per heavy atom. The normalized spacial score (nSPS) is 11.6. The fourth-order valence-corrected chi connectivity index (χ4v) is 2.26. The van der Waals surface area contributed by atoms with Crippen molar-refractivity contribution in [2.75, 3.05) is 11.9 Å². The molecule has 6 heteroatoms. The highest BCUT2D eigenvalue weighted by Crippen LogP contribution is 2.24. The third-order valence-corrected chi connectivity index (χ3v) is 3.57. The van der Waals surface area contributed by atoms with E-state index in [0.717, 1.165) is 5.69 Å². The highest BCUT2D eigenvalue weighted by molar-refractivity contribution is 6.31. The number of hydrogen-bond donors (Lipinski definition) is 1. The average Bonchev–Trinajstić information content (AvgIpc) is 2.55. The van der Waals surface area contributed by atoms with Gasteiger partial charge in [0, 0.05) is 17.8 Å². The van der Waals surface area contributed by atoms with Crippen LogP contribution >= 0.6 is 11.6 Å². The standard InChI is InChI=1S/C17H17ClN2O3/c1-11(17(22)20(2)13-6-4-3-5-7-13)23-15-9-8-12(18)10-14(15)16(19)21/h3-11H,1-2H3,(H2,19,21)/t11-/m0/s1. The number of nitrogens with zero attached hydrogens (tertiary/aromatic N) is 1. The quantitative estimate of drug-likeness (QED) is 0.915. The van der Waals surface area contributed by atoms with Gasteiger partial charge in [-0.05, 0) is 37.3 Å². The van der Waals surface area contributed by atoms with E-state index in [1.807, 2.05) is 30.3 Å². The number of amides is 2. The number of primary amides is 1. The molecule has 0 radical (unpaired) electrons. The van der Waals surface area contributed by atoms with E-state index in [1.165, 1.54) is 17.0 Å². The van der Waals surface area contributed by atoms with Crippen molar-refractivity contribution in [3.8, 4) is 5.75 Å². The molecule has 2 amide bonds.